The molecule has 0 unspecified atom stereocenters. The number of sulfonamides is 1. The molecule has 0 aliphatic heterocycles. The third-order valence-corrected chi connectivity index (χ3v) is 4.68. The summed E-state index contributed by atoms with van der Waals surface area (Å²) in [6.07, 6.45) is 5.56. The highest BCUT2D eigenvalue weighted by molar-refractivity contribution is 7.90. The first-order valence-electron chi connectivity index (χ1n) is 6.57. The molecular weight excluding hydrogens is 260 g/mol. The van der Waals surface area contributed by atoms with Crippen LogP contribution in [0.2, 0.25) is 0 Å². The van der Waals surface area contributed by atoms with Crippen LogP contribution in [0.5, 0.6) is 0 Å². The molecule has 1 aliphatic rings. The van der Waals surface area contributed by atoms with Gasteiger partial charge >= 0.3 is 0 Å². The maximum atomic E-state index is 12.0. The van der Waals surface area contributed by atoms with E-state index >= 15 is 0 Å². The lowest BCUT2D eigenvalue weighted by atomic mass is 9.96. The van der Waals surface area contributed by atoms with Crippen LogP contribution in [0.1, 0.15) is 37.7 Å². The predicted octanol–water partition coefficient (Wildman–Crippen LogP) is 3.19. The van der Waals surface area contributed by atoms with Crippen LogP contribution in [0.15, 0.2) is 38.6 Å². The summed E-state index contributed by atoms with van der Waals surface area (Å²) in [6.45, 7) is 1.75. The van der Waals surface area contributed by atoms with Crippen molar-refractivity contribution in [2.24, 2.45) is 9.39 Å². The van der Waals surface area contributed by atoms with Crippen LogP contribution in [-0.4, -0.2) is 20.5 Å². The zero-order valence-corrected chi connectivity index (χ0v) is 11.9. The molecule has 0 atom stereocenters. The normalized spacial score (nSPS) is 16.7. The lowest BCUT2D eigenvalue weighted by molar-refractivity contribution is 0.444. The van der Waals surface area contributed by atoms with Gasteiger partial charge < -0.3 is 0 Å². The van der Waals surface area contributed by atoms with Crippen molar-refractivity contribution in [1.29, 1.82) is 0 Å². The number of aryl methyl sites for hydroxylation is 1. The number of benzene rings is 1. The Balaban J connectivity index is 2.17. The first-order valence-corrected chi connectivity index (χ1v) is 8.01. The fraction of sp³-hybridized carbons (Fsp3) is 0.500. The van der Waals surface area contributed by atoms with Crippen molar-refractivity contribution in [3.05, 3.63) is 29.8 Å². The lowest BCUT2D eigenvalue weighted by Gasteiger charge is -2.15. The topological polar surface area (TPSA) is 58.9 Å². The Labute approximate surface area is 114 Å². The maximum Gasteiger partial charge on any atom is 0.291 e. The van der Waals surface area contributed by atoms with Gasteiger partial charge in [0.1, 0.15) is 6.01 Å². The molecule has 1 aromatic carbocycles. The van der Waals surface area contributed by atoms with Gasteiger partial charge in [-0.05, 0) is 31.4 Å². The number of hydrogen-bond donors (Lipinski definition) is 0. The molecule has 102 valence electrons. The second-order valence-corrected chi connectivity index (χ2v) is 6.43. The summed E-state index contributed by atoms with van der Waals surface area (Å²) in [5.74, 6) is 0. The second kappa shape index (κ2) is 6.13. The molecule has 0 bridgehead atoms. The first kappa shape index (κ1) is 14.0. The van der Waals surface area contributed by atoms with Crippen LogP contribution in [0.25, 0.3) is 0 Å². The van der Waals surface area contributed by atoms with Gasteiger partial charge in [-0.1, -0.05) is 41.9 Å². The van der Waals surface area contributed by atoms with E-state index in [4.69, 9.17) is 0 Å². The summed E-state index contributed by atoms with van der Waals surface area (Å²) in [5.41, 5.74) is 0.686. The van der Waals surface area contributed by atoms with Crippen LogP contribution >= 0.6 is 0 Å². The average Bonchev–Trinajstić information content (AvgIpc) is 2.40. The standard InChI is InChI=1S/C14H18N2O2S/c1-12-7-5-6-10-14(12)19(17,18)16-11-15-13-8-3-2-4-9-13/h5-7,10,13H,2-4,8-9H2,1H3. The van der Waals surface area contributed by atoms with E-state index in [1.54, 1.807) is 31.2 Å². The zero-order chi connectivity index (χ0) is 13.7. The summed E-state index contributed by atoms with van der Waals surface area (Å²) in [6, 6.07) is 9.36. The van der Waals surface area contributed by atoms with Crippen LogP contribution < -0.4 is 0 Å². The Morgan fingerprint density at radius 3 is 2.53 bits per heavy atom. The van der Waals surface area contributed by atoms with Crippen molar-refractivity contribution in [3.8, 4) is 0 Å². The molecular formula is C14H18N2O2S. The van der Waals surface area contributed by atoms with Gasteiger partial charge in [-0.25, -0.2) is 4.99 Å². The molecule has 0 heterocycles. The van der Waals surface area contributed by atoms with Gasteiger partial charge in [-0.2, -0.15) is 8.42 Å². The van der Waals surface area contributed by atoms with Crippen molar-refractivity contribution in [2.45, 2.75) is 50.0 Å². The van der Waals surface area contributed by atoms with Crippen molar-refractivity contribution < 1.29 is 8.42 Å². The molecule has 1 aliphatic carbocycles. The van der Waals surface area contributed by atoms with E-state index < -0.39 is 10.0 Å². The summed E-state index contributed by atoms with van der Waals surface area (Å²) in [7, 11) is -3.67. The van der Waals surface area contributed by atoms with Gasteiger partial charge in [-0.3, -0.25) is 0 Å². The predicted molar refractivity (Wildman–Crippen MR) is 75.1 cm³/mol. The fourth-order valence-corrected chi connectivity index (χ4v) is 3.24. The third-order valence-electron chi connectivity index (χ3n) is 3.35. The van der Waals surface area contributed by atoms with E-state index in [-0.39, 0.29) is 10.9 Å². The van der Waals surface area contributed by atoms with Crippen molar-refractivity contribution in [3.63, 3.8) is 0 Å². The molecule has 1 saturated carbocycles. The molecule has 1 fully saturated rings. The molecule has 19 heavy (non-hydrogen) atoms. The molecule has 1 aromatic rings. The summed E-state index contributed by atoms with van der Waals surface area (Å²) in [4.78, 5) is 4.35. The second-order valence-electron chi connectivity index (χ2n) is 4.85. The fourth-order valence-electron chi connectivity index (χ4n) is 2.26. The van der Waals surface area contributed by atoms with Crippen molar-refractivity contribution >= 4 is 16.0 Å². The van der Waals surface area contributed by atoms with Crippen LogP contribution in [0.4, 0.5) is 0 Å². The number of rotatable bonds is 3. The number of nitrogens with zero attached hydrogens (tertiary/aromatic N) is 2. The van der Waals surface area contributed by atoms with Gasteiger partial charge in [-0.15, -0.1) is 0 Å². The molecule has 0 saturated heterocycles. The van der Waals surface area contributed by atoms with Crippen molar-refractivity contribution in [1.82, 2.24) is 0 Å². The van der Waals surface area contributed by atoms with E-state index in [1.165, 1.54) is 6.42 Å². The van der Waals surface area contributed by atoms with E-state index in [0.717, 1.165) is 25.7 Å². The quantitative estimate of drug-likeness (QED) is 0.797. The SMILES string of the molecule is Cc1ccccc1S(=O)(=O)N=C=NC1CCCCC1. The van der Waals surface area contributed by atoms with Gasteiger partial charge in [0.15, 0.2) is 0 Å². The largest absolute Gasteiger partial charge is 0.291 e. The molecule has 0 N–H and O–H groups in total. The highest BCUT2D eigenvalue weighted by Gasteiger charge is 2.14. The Morgan fingerprint density at radius 1 is 1.16 bits per heavy atom. The summed E-state index contributed by atoms with van der Waals surface area (Å²) in [5, 5.41) is 0. The molecule has 0 spiro atoms. The van der Waals surface area contributed by atoms with Gasteiger partial charge in [0, 0.05) is 0 Å². The van der Waals surface area contributed by atoms with Gasteiger partial charge in [0.05, 0.1) is 10.9 Å². The minimum absolute atomic E-state index is 0.185. The van der Waals surface area contributed by atoms with Crippen molar-refractivity contribution in [2.75, 3.05) is 0 Å². The number of hydrogen-bond acceptors (Lipinski definition) is 3. The molecule has 0 amide bonds. The van der Waals surface area contributed by atoms with Crippen LogP contribution in [-0.2, 0) is 10.0 Å². The minimum Gasteiger partial charge on any atom is -0.221 e. The lowest BCUT2D eigenvalue weighted by Crippen LogP contribution is -2.08. The molecule has 0 aromatic heterocycles. The van der Waals surface area contributed by atoms with E-state index in [0.29, 0.717) is 5.56 Å². The zero-order valence-electron chi connectivity index (χ0n) is 11.0. The third kappa shape index (κ3) is 3.75. The van der Waals surface area contributed by atoms with E-state index in [2.05, 4.69) is 15.4 Å². The average molecular weight is 278 g/mol. The first-order chi connectivity index (χ1) is 9.09. The molecule has 5 heteroatoms. The smallest absolute Gasteiger partial charge is 0.221 e. The van der Waals surface area contributed by atoms with E-state index in [9.17, 15) is 8.42 Å². The van der Waals surface area contributed by atoms with E-state index in [1.807, 2.05) is 0 Å². The molecule has 0 radical (unpaired) electrons. The Morgan fingerprint density at radius 2 is 1.84 bits per heavy atom. The summed E-state index contributed by atoms with van der Waals surface area (Å²) >= 11 is 0. The Kier molecular flexibility index (Phi) is 4.51. The minimum atomic E-state index is -3.67. The van der Waals surface area contributed by atoms with Gasteiger partial charge in [0.2, 0.25) is 0 Å². The van der Waals surface area contributed by atoms with Crippen LogP contribution in [0.3, 0.4) is 0 Å². The highest BCUT2D eigenvalue weighted by Crippen LogP contribution is 2.20. The monoisotopic (exact) mass is 278 g/mol. The Bertz CT molecular complexity index is 596. The highest BCUT2D eigenvalue weighted by atomic mass is 32.2. The molecule has 4 nitrogen and oxygen atoms in total. The maximum absolute atomic E-state index is 12.0. The molecule has 2 rings (SSSR count). The van der Waals surface area contributed by atoms with Crippen LogP contribution in [0, 0.1) is 6.92 Å². The Hall–Kier alpha value is -1.45. The number of aliphatic imine (C=N–C) groups is 1. The summed E-state index contributed by atoms with van der Waals surface area (Å²) < 4.78 is 27.5. The van der Waals surface area contributed by atoms with Gasteiger partial charge in [0.25, 0.3) is 10.0 Å².